The van der Waals surface area contributed by atoms with Gasteiger partial charge in [-0.25, -0.2) is 0 Å². The summed E-state index contributed by atoms with van der Waals surface area (Å²) in [6.45, 7) is 3.95. The summed E-state index contributed by atoms with van der Waals surface area (Å²) in [6, 6.07) is 18.4. The van der Waals surface area contributed by atoms with Crippen LogP contribution in [0.1, 0.15) is 29.8 Å². The second kappa shape index (κ2) is 8.93. The van der Waals surface area contributed by atoms with Crippen molar-refractivity contribution in [1.82, 2.24) is 0 Å². The average molecular weight is 346 g/mol. The average Bonchev–Trinajstić information content (AvgIpc) is 2.61. The van der Waals surface area contributed by atoms with Crippen molar-refractivity contribution < 1.29 is 18.4 Å². The molecular weight excluding hydrogens is 323 g/mol. The maximum absolute atomic E-state index is 13.3. The van der Waals surface area contributed by atoms with Gasteiger partial charge < -0.3 is 9.05 Å². The number of Topliss-reactive ketones (excluding diaryl/α,β-unsaturated/α-hetero) is 1. The highest BCUT2D eigenvalue weighted by Crippen LogP contribution is 2.55. The van der Waals surface area contributed by atoms with Gasteiger partial charge in [0.15, 0.2) is 5.78 Å². The molecule has 0 fully saturated rings. The topological polar surface area (TPSA) is 52.6 Å². The van der Waals surface area contributed by atoms with Crippen LogP contribution < -0.4 is 0 Å². The molecule has 2 aromatic carbocycles. The fourth-order valence-electron chi connectivity index (χ4n) is 2.56. The molecule has 1 atom stereocenters. The van der Waals surface area contributed by atoms with Gasteiger partial charge >= 0.3 is 7.60 Å². The van der Waals surface area contributed by atoms with Crippen LogP contribution in [0.3, 0.4) is 0 Å². The van der Waals surface area contributed by atoms with Gasteiger partial charge in [-0.1, -0.05) is 60.7 Å². The molecular formula is C19H23O4P. The molecule has 2 rings (SSSR count). The first-order valence-electron chi connectivity index (χ1n) is 8.12. The normalized spacial score (nSPS) is 12.8. The zero-order valence-electron chi connectivity index (χ0n) is 14.1. The van der Waals surface area contributed by atoms with Crippen LogP contribution >= 0.6 is 7.60 Å². The molecule has 0 saturated carbocycles. The first-order valence-corrected chi connectivity index (χ1v) is 9.74. The molecule has 0 heterocycles. The number of carbonyl (C=O) groups is 1. The molecule has 0 saturated heterocycles. The third-order valence-corrected chi connectivity index (χ3v) is 6.05. The Morgan fingerprint density at radius 1 is 0.917 bits per heavy atom. The zero-order chi connectivity index (χ0) is 17.4. The SMILES string of the molecule is CCOP(=O)(OCC)C(Cc1ccccc1)C(=O)c1ccccc1. The Kier molecular flexibility index (Phi) is 6.92. The molecule has 4 nitrogen and oxygen atoms in total. The second-order valence-electron chi connectivity index (χ2n) is 5.31. The lowest BCUT2D eigenvalue weighted by Crippen LogP contribution is -2.26. The molecule has 5 heteroatoms. The highest BCUT2D eigenvalue weighted by atomic mass is 31.2. The Morgan fingerprint density at radius 3 is 1.92 bits per heavy atom. The van der Waals surface area contributed by atoms with Gasteiger partial charge in [-0.2, -0.15) is 0 Å². The Balaban J connectivity index is 2.40. The first kappa shape index (κ1) is 18.6. The maximum Gasteiger partial charge on any atom is 0.341 e. The van der Waals surface area contributed by atoms with E-state index >= 15 is 0 Å². The number of carbonyl (C=O) groups excluding carboxylic acids is 1. The van der Waals surface area contributed by atoms with E-state index in [1.54, 1.807) is 38.1 Å². The lowest BCUT2D eigenvalue weighted by Gasteiger charge is -2.25. The van der Waals surface area contributed by atoms with Crippen LogP contribution in [0.2, 0.25) is 0 Å². The van der Waals surface area contributed by atoms with Crippen LogP contribution in [-0.4, -0.2) is 24.7 Å². The number of hydrogen-bond donors (Lipinski definition) is 0. The first-order chi connectivity index (χ1) is 11.6. The number of rotatable bonds is 9. The highest BCUT2D eigenvalue weighted by molar-refractivity contribution is 7.55. The Hall–Kier alpha value is -1.74. The van der Waals surface area contributed by atoms with Crippen LogP contribution in [-0.2, 0) is 20.0 Å². The summed E-state index contributed by atoms with van der Waals surface area (Å²) >= 11 is 0. The molecule has 0 amide bonds. The zero-order valence-corrected chi connectivity index (χ0v) is 14.9. The van der Waals surface area contributed by atoms with Gasteiger partial charge in [0.1, 0.15) is 5.66 Å². The minimum atomic E-state index is -3.57. The minimum Gasteiger partial charge on any atom is -0.308 e. The van der Waals surface area contributed by atoms with E-state index in [4.69, 9.17) is 9.05 Å². The molecule has 0 radical (unpaired) electrons. The number of benzene rings is 2. The van der Waals surface area contributed by atoms with Crippen molar-refractivity contribution in [2.45, 2.75) is 25.9 Å². The highest BCUT2D eigenvalue weighted by Gasteiger charge is 2.41. The van der Waals surface area contributed by atoms with Crippen molar-refractivity contribution in [2.75, 3.05) is 13.2 Å². The van der Waals surface area contributed by atoms with Crippen molar-refractivity contribution in [1.29, 1.82) is 0 Å². The molecule has 0 aromatic heterocycles. The van der Waals surface area contributed by atoms with E-state index in [-0.39, 0.29) is 19.0 Å². The molecule has 1 unspecified atom stereocenters. The standard InChI is InChI=1S/C19H23O4P/c1-3-22-24(21,23-4-2)18(15-16-11-7-5-8-12-16)19(20)17-13-9-6-10-14-17/h5-14,18H,3-4,15H2,1-2H3. The quantitative estimate of drug-likeness (QED) is 0.486. The predicted molar refractivity (Wildman–Crippen MR) is 95.6 cm³/mol. The van der Waals surface area contributed by atoms with Crippen LogP contribution in [0.25, 0.3) is 0 Å². The van der Waals surface area contributed by atoms with E-state index in [1.807, 2.05) is 36.4 Å². The van der Waals surface area contributed by atoms with E-state index in [0.717, 1.165) is 5.56 Å². The molecule has 24 heavy (non-hydrogen) atoms. The summed E-state index contributed by atoms with van der Waals surface area (Å²) in [4.78, 5) is 13.0. The molecule has 0 aliphatic carbocycles. The van der Waals surface area contributed by atoms with Gasteiger partial charge in [-0.3, -0.25) is 9.36 Å². The third-order valence-electron chi connectivity index (χ3n) is 3.63. The summed E-state index contributed by atoms with van der Waals surface area (Å²) in [6.07, 6.45) is 0.311. The molecule has 0 aliphatic rings. The van der Waals surface area contributed by atoms with E-state index in [2.05, 4.69) is 0 Å². The number of hydrogen-bond acceptors (Lipinski definition) is 4. The van der Waals surface area contributed by atoms with Gasteiger partial charge in [0.2, 0.25) is 0 Å². The van der Waals surface area contributed by atoms with E-state index in [9.17, 15) is 9.36 Å². The minimum absolute atomic E-state index is 0.218. The van der Waals surface area contributed by atoms with Crippen molar-refractivity contribution in [3.8, 4) is 0 Å². The third kappa shape index (κ3) is 4.64. The molecule has 0 bridgehead atoms. The fourth-order valence-corrected chi connectivity index (χ4v) is 4.58. The predicted octanol–water partition coefficient (Wildman–Crippen LogP) is 4.75. The summed E-state index contributed by atoms with van der Waals surface area (Å²) in [5.74, 6) is -0.218. The lowest BCUT2D eigenvalue weighted by molar-refractivity contribution is 0.0966. The second-order valence-corrected chi connectivity index (χ2v) is 7.53. The summed E-state index contributed by atoms with van der Waals surface area (Å²) in [7, 11) is -3.57. The number of ketones is 1. The van der Waals surface area contributed by atoms with Crippen LogP contribution in [0.15, 0.2) is 60.7 Å². The van der Waals surface area contributed by atoms with E-state index < -0.39 is 13.3 Å². The molecule has 0 aliphatic heterocycles. The van der Waals surface area contributed by atoms with E-state index in [1.165, 1.54) is 0 Å². The largest absolute Gasteiger partial charge is 0.341 e. The van der Waals surface area contributed by atoms with Crippen molar-refractivity contribution in [3.05, 3.63) is 71.8 Å². The maximum atomic E-state index is 13.3. The van der Waals surface area contributed by atoms with E-state index in [0.29, 0.717) is 12.0 Å². The summed E-state index contributed by atoms with van der Waals surface area (Å²) < 4.78 is 24.2. The van der Waals surface area contributed by atoms with Crippen molar-refractivity contribution in [2.24, 2.45) is 0 Å². The smallest absolute Gasteiger partial charge is 0.308 e. The molecule has 0 N–H and O–H groups in total. The molecule has 2 aromatic rings. The van der Waals surface area contributed by atoms with Crippen LogP contribution in [0.5, 0.6) is 0 Å². The van der Waals surface area contributed by atoms with Gasteiger partial charge in [0.05, 0.1) is 13.2 Å². The Bertz CT molecular complexity index is 675. The van der Waals surface area contributed by atoms with Crippen molar-refractivity contribution >= 4 is 13.4 Å². The summed E-state index contributed by atoms with van der Waals surface area (Å²) in [5.41, 5.74) is 0.576. The van der Waals surface area contributed by atoms with Gasteiger partial charge in [0.25, 0.3) is 0 Å². The van der Waals surface area contributed by atoms with Crippen molar-refractivity contribution in [3.63, 3.8) is 0 Å². The van der Waals surface area contributed by atoms with Gasteiger partial charge in [-0.15, -0.1) is 0 Å². The molecule has 0 spiro atoms. The van der Waals surface area contributed by atoms with Gasteiger partial charge in [0, 0.05) is 5.56 Å². The fraction of sp³-hybridized carbons (Fsp3) is 0.316. The molecule has 128 valence electrons. The lowest BCUT2D eigenvalue weighted by atomic mass is 10.0. The van der Waals surface area contributed by atoms with Gasteiger partial charge in [-0.05, 0) is 25.8 Å². The van der Waals surface area contributed by atoms with Crippen LogP contribution in [0.4, 0.5) is 0 Å². The Labute approximate surface area is 143 Å². The van der Waals surface area contributed by atoms with Crippen LogP contribution in [0, 0.1) is 0 Å². The Morgan fingerprint density at radius 2 is 1.42 bits per heavy atom. The summed E-state index contributed by atoms with van der Waals surface area (Å²) in [5, 5.41) is 0. The monoisotopic (exact) mass is 346 g/mol.